The minimum atomic E-state index is 0.0859. The van der Waals surface area contributed by atoms with Gasteiger partial charge in [-0.05, 0) is 60.4 Å². The molecule has 1 aliphatic carbocycles. The maximum Gasteiger partial charge on any atom is 0.226 e. The molecule has 0 spiro atoms. The SMILES string of the molecule is NC1CCCN(C(=O)C2CC2c2ccccc2-c2cccc(O)c2)CC1. The van der Waals surface area contributed by atoms with Crippen LogP contribution in [0.3, 0.4) is 0 Å². The molecular formula is C22H26N2O2. The van der Waals surface area contributed by atoms with E-state index in [1.54, 1.807) is 12.1 Å². The van der Waals surface area contributed by atoms with Gasteiger partial charge in [-0.25, -0.2) is 0 Å². The van der Waals surface area contributed by atoms with Crippen molar-refractivity contribution in [2.45, 2.75) is 37.6 Å². The Balaban J connectivity index is 1.53. The van der Waals surface area contributed by atoms with E-state index in [1.165, 1.54) is 5.56 Å². The number of carbonyl (C=O) groups excluding carboxylic acids is 1. The first kappa shape index (κ1) is 17.1. The summed E-state index contributed by atoms with van der Waals surface area (Å²) in [5.74, 6) is 0.914. The largest absolute Gasteiger partial charge is 0.508 e. The first-order valence-electron chi connectivity index (χ1n) is 9.56. The second kappa shape index (κ2) is 7.12. The van der Waals surface area contributed by atoms with Crippen molar-refractivity contribution >= 4 is 5.91 Å². The van der Waals surface area contributed by atoms with E-state index in [2.05, 4.69) is 12.1 Å². The van der Waals surface area contributed by atoms with Crippen LogP contribution in [-0.2, 0) is 4.79 Å². The van der Waals surface area contributed by atoms with Gasteiger partial charge in [0.2, 0.25) is 5.91 Å². The summed E-state index contributed by atoms with van der Waals surface area (Å²) in [6.07, 6.45) is 3.84. The third-order valence-electron chi connectivity index (χ3n) is 5.71. The minimum Gasteiger partial charge on any atom is -0.508 e. The van der Waals surface area contributed by atoms with Crippen LogP contribution in [-0.4, -0.2) is 35.0 Å². The van der Waals surface area contributed by atoms with Crippen molar-refractivity contribution in [2.75, 3.05) is 13.1 Å². The number of carbonyl (C=O) groups is 1. The zero-order chi connectivity index (χ0) is 18.1. The number of rotatable bonds is 3. The molecule has 1 saturated carbocycles. The fourth-order valence-electron chi connectivity index (χ4n) is 4.15. The molecule has 3 atom stereocenters. The van der Waals surface area contributed by atoms with Gasteiger partial charge in [0.1, 0.15) is 5.75 Å². The molecule has 0 aromatic heterocycles. The number of nitrogens with two attached hydrogens (primary N) is 1. The van der Waals surface area contributed by atoms with Gasteiger partial charge in [-0.15, -0.1) is 0 Å². The smallest absolute Gasteiger partial charge is 0.226 e. The molecule has 1 amide bonds. The van der Waals surface area contributed by atoms with Crippen LogP contribution < -0.4 is 5.73 Å². The van der Waals surface area contributed by atoms with Crippen LogP contribution in [0.25, 0.3) is 11.1 Å². The Morgan fingerprint density at radius 1 is 1.08 bits per heavy atom. The van der Waals surface area contributed by atoms with Crippen molar-refractivity contribution in [3.8, 4) is 16.9 Å². The van der Waals surface area contributed by atoms with Gasteiger partial charge in [-0.2, -0.15) is 0 Å². The molecule has 3 unspecified atom stereocenters. The summed E-state index contributed by atoms with van der Waals surface area (Å²) in [7, 11) is 0. The van der Waals surface area contributed by atoms with Gasteiger partial charge in [-0.1, -0.05) is 36.4 Å². The topological polar surface area (TPSA) is 66.6 Å². The number of amides is 1. The van der Waals surface area contributed by atoms with Gasteiger partial charge < -0.3 is 15.7 Å². The molecule has 3 N–H and O–H groups in total. The molecule has 0 radical (unpaired) electrons. The van der Waals surface area contributed by atoms with E-state index in [0.29, 0.717) is 0 Å². The lowest BCUT2D eigenvalue weighted by atomic mass is 9.95. The minimum absolute atomic E-state index is 0.0859. The first-order chi connectivity index (χ1) is 12.6. The molecule has 1 aliphatic heterocycles. The van der Waals surface area contributed by atoms with Crippen molar-refractivity contribution in [2.24, 2.45) is 11.7 Å². The monoisotopic (exact) mass is 350 g/mol. The van der Waals surface area contributed by atoms with Crippen molar-refractivity contribution in [1.82, 2.24) is 4.90 Å². The summed E-state index contributed by atoms with van der Waals surface area (Å²) in [6.45, 7) is 1.63. The second-order valence-corrected chi connectivity index (χ2v) is 7.60. The standard InChI is InChI=1S/C22H26N2O2/c23-16-6-4-11-24(12-10-16)22(26)21-14-20(21)19-9-2-1-8-18(19)15-5-3-7-17(25)13-15/h1-3,5,7-9,13,16,20-21,25H,4,6,10-12,14,23H2. The van der Waals surface area contributed by atoms with Gasteiger partial charge in [0.15, 0.2) is 0 Å². The second-order valence-electron chi connectivity index (χ2n) is 7.60. The lowest BCUT2D eigenvalue weighted by Gasteiger charge is -2.21. The van der Waals surface area contributed by atoms with Crippen LogP contribution in [0.1, 0.15) is 37.2 Å². The molecule has 2 aliphatic rings. The highest BCUT2D eigenvalue weighted by molar-refractivity contribution is 5.84. The van der Waals surface area contributed by atoms with Gasteiger partial charge >= 0.3 is 0 Å². The highest BCUT2D eigenvalue weighted by Crippen LogP contribution is 2.51. The normalized spacial score (nSPS) is 25.6. The lowest BCUT2D eigenvalue weighted by molar-refractivity contribution is -0.132. The first-order valence-corrected chi connectivity index (χ1v) is 9.56. The van der Waals surface area contributed by atoms with Gasteiger partial charge in [0.25, 0.3) is 0 Å². The Labute approximate surface area is 154 Å². The Hall–Kier alpha value is -2.33. The van der Waals surface area contributed by atoms with Gasteiger partial charge in [0.05, 0.1) is 0 Å². The number of aromatic hydroxyl groups is 1. The summed E-state index contributed by atoms with van der Waals surface area (Å²) >= 11 is 0. The molecule has 2 aromatic carbocycles. The van der Waals surface area contributed by atoms with E-state index in [4.69, 9.17) is 5.73 Å². The van der Waals surface area contributed by atoms with Crippen LogP contribution in [0.2, 0.25) is 0 Å². The Morgan fingerprint density at radius 3 is 2.77 bits per heavy atom. The number of likely N-dealkylation sites (tertiary alicyclic amines) is 1. The van der Waals surface area contributed by atoms with Crippen LogP contribution in [0, 0.1) is 5.92 Å². The molecule has 4 rings (SSSR count). The fraction of sp³-hybridized carbons (Fsp3) is 0.409. The molecule has 0 bridgehead atoms. The zero-order valence-corrected chi connectivity index (χ0v) is 15.0. The number of benzene rings is 2. The quantitative estimate of drug-likeness (QED) is 0.890. The zero-order valence-electron chi connectivity index (χ0n) is 15.0. The third-order valence-corrected chi connectivity index (χ3v) is 5.71. The molecule has 4 nitrogen and oxygen atoms in total. The van der Waals surface area contributed by atoms with Crippen LogP contribution in [0.4, 0.5) is 0 Å². The molecule has 2 aromatic rings. The summed E-state index contributed by atoms with van der Waals surface area (Å²) in [4.78, 5) is 15.0. The molecule has 4 heteroatoms. The van der Waals surface area contributed by atoms with Crippen LogP contribution in [0.5, 0.6) is 5.75 Å². The molecule has 2 fully saturated rings. The fourth-order valence-corrected chi connectivity index (χ4v) is 4.15. The van der Waals surface area contributed by atoms with E-state index >= 15 is 0 Å². The summed E-state index contributed by atoms with van der Waals surface area (Å²) in [6, 6.07) is 15.8. The summed E-state index contributed by atoms with van der Waals surface area (Å²) < 4.78 is 0. The van der Waals surface area contributed by atoms with E-state index in [1.807, 2.05) is 29.2 Å². The Bertz CT molecular complexity index is 804. The van der Waals surface area contributed by atoms with Crippen LogP contribution >= 0.6 is 0 Å². The van der Waals surface area contributed by atoms with E-state index < -0.39 is 0 Å². The van der Waals surface area contributed by atoms with Crippen molar-refractivity contribution in [3.05, 3.63) is 54.1 Å². The Morgan fingerprint density at radius 2 is 1.92 bits per heavy atom. The number of hydrogen-bond acceptors (Lipinski definition) is 3. The van der Waals surface area contributed by atoms with Crippen molar-refractivity contribution < 1.29 is 9.90 Å². The summed E-state index contributed by atoms with van der Waals surface area (Å²) in [5.41, 5.74) is 9.37. The van der Waals surface area contributed by atoms with E-state index in [-0.39, 0.29) is 29.5 Å². The summed E-state index contributed by atoms with van der Waals surface area (Å²) in [5, 5.41) is 9.81. The predicted octanol–water partition coefficient (Wildman–Crippen LogP) is 3.50. The third kappa shape index (κ3) is 3.47. The highest BCUT2D eigenvalue weighted by atomic mass is 16.3. The molecule has 26 heavy (non-hydrogen) atoms. The predicted molar refractivity (Wildman–Crippen MR) is 103 cm³/mol. The Kier molecular flexibility index (Phi) is 4.68. The van der Waals surface area contributed by atoms with Crippen LogP contribution in [0.15, 0.2) is 48.5 Å². The molecular weight excluding hydrogens is 324 g/mol. The van der Waals surface area contributed by atoms with Gasteiger partial charge in [0, 0.05) is 25.0 Å². The number of nitrogens with zero attached hydrogens (tertiary/aromatic N) is 1. The van der Waals surface area contributed by atoms with Gasteiger partial charge in [-0.3, -0.25) is 4.79 Å². The lowest BCUT2D eigenvalue weighted by Crippen LogP contribution is -2.34. The number of hydrogen-bond donors (Lipinski definition) is 2. The maximum atomic E-state index is 13.0. The molecule has 1 heterocycles. The number of phenols is 1. The molecule has 136 valence electrons. The van der Waals surface area contributed by atoms with Crippen molar-refractivity contribution in [1.29, 1.82) is 0 Å². The van der Waals surface area contributed by atoms with E-state index in [9.17, 15) is 9.90 Å². The molecule has 1 saturated heterocycles. The number of phenolic OH excluding ortho intramolecular Hbond substituents is 1. The van der Waals surface area contributed by atoms with E-state index in [0.717, 1.165) is 49.9 Å². The van der Waals surface area contributed by atoms with Crippen molar-refractivity contribution in [3.63, 3.8) is 0 Å². The average Bonchev–Trinajstić information content (AvgIpc) is 3.46. The maximum absolute atomic E-state index is 13.0. The highest BCUT2D eigenvalue weighted by Gasteiger charge is 2.46. The average molecular weight is 350 g/mol.